The van der Waals surface area contributed by atoms with Crippen molar-refractivity contribution in [2.45, 2.75) is 26.4 Å². The summed E-state index contributed by atoms with van der Waals surface area (Å²) in [4.78, 5) is 10.6. The Balaban J connectivity index is 2.07. The second-order valence-electron chi connectivity index (χ2n) is 5.22. The molecule has 0 bridgehead atoms. The second kappa shape index (κ2) is 6.83. The predicted octanol–water partition coefficient (Wildman–Crippen LogP) is 3.55. The van der Waals surface area contributed by atoms with Gasteiger partial charge in [-0.05, 0) is 43.8 Å². The maximum Gasteiger partial charge on any atom is 0.311 e. The summed E-state index contributed by atoms with van der Waals surface area (Å²) in [5, 5.41) is 14.3. The minimum absolute atomic E-state index is 0.0145. The molecule has 1 aromatic rings. The number of thioether (sulfide) groups is 1. The minimum Gasteiger partial charge on any atom is -0.484 e. The number of nitro benzene ring substituents is 1. The lowest BCUT2D eigenvalue weighted by molar-refractivity contribution is -0.386. The Morgan fingerprint density at radius 2 is 2.35 bits per heavy atom. The minimum atomic E-state index is -0.408. The first-order valence-corrected chi connectivity index (χ1v) is 7.98. The molecule has 1 saturated heterocycles. The van der Waals surface area contributed by atoms with Crippen molar-refractivity contribution in [3.8, 4) is 5.75 Å². The van der Waals surface area contributed by atoms with Crippen LogP contribution in [-0.4, -0.2) is 29.1 Å². The van der Waals surface area contributed by atoms with Crippen LogP contribution < -0.4 is 10.1 Å². The first-order valence-electron chi connectivity index (χ1n) is 6.83. The van der Waals surface area contributed by atoms with Crippen molar-refractivity contribution in [1.29, 1.82) is 0 Å². The Labute approximate surface area is 123 Å². The summed E-state index contributed by atoms with van der Waals surface area (Å²) in [6, 6.07) is 4.97. The average molecular weight is 296 g/mol. The largest absolute Gasteiger partial charge is 0.484 e. The SMILES string of the molecule is CC(C)Oc1cc(NCC2CCSC2)ccc1[N+](=O)[O-]. The van der Waals surface area contributed by atoms with Crippen LogP contribution >= 0.6 is 11.8 Å². The number of benzene rings is 1. The zero-order chi connectivity index (χ0) is 14.5. The third kappa shape index (κ3) is 4.03. The van der Waals surface area contributed by atoms with Crippen LogP contribution in [0.4, 0.5) is 11.4 Å². The maximum atomic E-state index is 11.0. The number of hydrogen-bond acceptors (Lipinski definition) is 5. The number of nitrogens with one attached hydrogen (secondary N) is 1. The van der Waals surface area contributed by atoms with Crippen LogP contribution in [0.15, 0.2) is 18.2 Å². The Hall–Kier alpha value is -1.43. The zero-order valence-corrected chi connectivity index (χ0v) is 12.6. The Kier molecular flexibility index (Phi) is 5.11. The smallest absolute Gasteiger partial charge is 0.311 e. The van der Waals surface area contributed by atoms with Gasteiger partial charge < -0.3 is 10.1 Å². The number of nitro groups is 1. The lowest BCUT2D eigenvalue weighted by Crippen LogP contribution is -2.14. The summed E-state index contributed by atoms with van der Waals surface area (Å²) >= 11 is 1.98. The van der Waals surface area contributed by atoms with Gasteiger partial charge in [0.05, 0.1) is 11.0 Å². The third-order valence-corrected chi connectivity index (χ3v) is 4.37. The molecule has 1 aliphatic rings. The molecule has 1 aromatic carbocycles. The van der Waals surface area contributed by atoms with Crippen LogP contribution in [0.25, 0.3) is 0 Å². The van der Waals surface area contributed by atoms with Crippen molar-refractivity contribution in [2.24, 2.45) is 5.92 Å². The van der Waals surface area contributed by atoms with Gasteiger partial charge in [0.15, 0.2) is 5.75 Å². The van der Waals surface area contributed by atoms with Crippen LogP contribution in [0.2, 0.25) is 0 Å². The van der Waals surface area contributed by atoms with E-state index in [1.807, 2.05) is 25.6 Å². The van der Waals surface area contributed by atoms with Gasteiger partial charge in [0.1, 0.15) is 0 Å². The molecule has 0 aliphatic carbocycles. The molecular weight excluding hydrogens is 276 g/mol. The van der Waals surface area contributed by atoms with E-state index in [1.54, 1.807) is 12.1 Å². The fraction of sp³-hybridized carbons (Fsp3) is 0.571. The number of hydrogen-bond donors (Lipinski definition) is 1. The average Bonchev–Trinajstić information content (AvgIpc) is 2.88. The predicted molar refractivity (Wildman–Crippen MR) is 82.8 cm³/mol. The Bertz CT molecular complexity index is 473. The molecule has 1 aliphatic heterocycles. The fourth-order valence-electron chi connectivity index (χ4n) is 2.13. The van der Waals surface area contributed by atoms with Crippen LogP contribution in [-0.2, 0) is 0 Å². The normalized spacial score (nSPS) is 18.2. The van der Waals surface area contributed by atoms with E-state index in [0.717, 1.165) is 12.2 Å². The van der Waals surface area contributed by atoms with Gasteiger partial charge >= 0.3 is 5.69 Å². The quantitative estimate of drug-likeness (QED) is 0.642. The Morgan fingerprint density at radius 1 is 1.55 bits per heavy atom. The maximum absolute atomic E-state index is 11.0. The molecule has 0 spiro atoms. The van der Waals surface area contributed by atoms with E-state index >= 15 is 0 Å². The third-order valence-electron chi connectivity index (χ3n) is 3.14. The molecule has 0 aromatic heterocycles. The highest BCUT2D eigenvalue weighted by Crippen LogP contribution is 2.31. The number of ether oxygens (including phenoxy) is 1. The van der Waals surface area contributed by atoms with Gasteiger partial charge in [0.2, 0.25) is 0 Å². The van der Waals surface area contributed by atoms with E-state index in [-0.39, 0.29) is 11.8 Å². The molecule has 1 heterocycles. The van der Waals surface area contributed by atoms with Gasteiger partial charge in [-0.2, -0.15) is 11.8 Å². The van der Waals surface area contributed by atoms with Crippen LogP contribution in [0, 0.1) is 16.0 Å². The van der Waals surface area contributed by atoms with E-state index in [4.69, 9.17) is 4.74 Å². The van der Waals surface area contributed by atoms with Gasteiger partial charge in [0, 0.05) is 24.4 Å². The number of anilines is 1. The summed E-state index contributed by atoms with van der Waals surface area (Å²) in [6.07, 6.45) is 1.15. The standard InChI is InChI=1S/C14H20N2O3S/c1-10(2)19-14-7-12(3-4-13(14)16(17)18)15-8-11-5-6-20-9-11/h3-4,7,10-11,15H,5-6,8-9H2,1-2H3. The van der Waals surface area contributed by atoms with Crippen molar-refractivity contribution < 1.29 is 9.66 Å². The van der Waals surface area contributed by atoms with Crippen molar-refractivity contribution in [3.63, 3.8) is 0 Å². The van der Waals surface area contributed by atoms with E-state index < -0.39 is 4.92 Å². The van der Waals surface area contributed by atoms with Crippen molar-refractivity contribution in [3.05, 3.63) is 28.3 Å². The highest BCUT2D eigenvalue weighted by Gasteiger charge is 2.18. The molecule has 0 radical (unpaired) electrons. The molecule has 5 nitrogen and oxygen atoms in total. The van der Waals surface area contributed by atoms with E-state index in [1.165, 1.54) is 24.0 Å². The van der Waals surface area contributed by atoms with E-state index in [2.05, 4.69) is 5.32 Å². The molecule has 6 heteroatoms. The molecular formula is C14H20N2O3S. The summed E-state index contributed by atoms with van der Waals surface area (Å²) in [5.74, 6) is 3.43. The Morgan fingerprint density at radius 3 is 2.95 bits per heavy atom. The summed E-state index contributed by atoms with van der Waals surface area (Å²) in [6.45, 7) is 4.63. The molecule has 1 fully saturated rings. The first kappa shape index (κ1) is 15.0. The van der Waals surface area contributed by atoms with Gasteiger partial charge in [-0.3, -0.25) is 10.1 Å². The molecule has 1 N–H and O–H groups in total. The van der Waals surface area contributed by atoms with Crippen LogP contribution in [0.3, 0.4) is 0 Å². The fourth-order valence-corrected chi connectivity index (χ4v) is 3.41. The van der Waals surface area contributed by atoms with Crippen LogP contribution in [0.5, 0.6) is 5.75 Å². The molecule has 2 rings (SSSR count). The molecule has 0 saturated carbocycles. The van der Waals surface area contributed by atoms with Gasteiger partial charge in [-0.15, -0.1) is 0 Å². The highest BCUT2D eigenvalue weighted by molar-refractivity contribution is 7.99. The van der Waals surface area contributed by atoms with Crippen molar-refractivity contribution in [2.75, 3.05) is 23.4 Å². The molecule has 1 unspecified atom stereocenters. The van der Waals surface area contributed by atoms with E-state index in [9.17, 15) is 10.1 Å². The zero-order valence-electron chi connectivity index (χ0n) is 11.8. The van der Waals surface area contributed by atoms with E-state index in [0.29, 0.717) is 11.7 Å². The number of nitrogens with zero attached hydrogens (tertiary/aromatic N) is 1. The number of rotatable bonds is 6. The second-order valence-corrected chi connectivity index (χ2v) is 6.37. The van der Waals surface area contributed by atoms with Crippen LogP contribution in [0.1, 0.15) is 20.3 Å². The molecule has 1 atom stereocenters. The topological polar surface area (TPSA) is 64.4 Å². The molecule has 20 heavy (non-hydrogen) atoms. The lowest BCUT2D eigenvalue weighted by atomic mass is 10.1. The molecule has 0 amide bonds. The van der Waals surface area contributed by atoms with Gasteiger partial charge in [-0.25, -0.2) is 0 Å². The van der Waals surface area contributed by atoms with Crippen molar-refractivity contribution in [1.82, 2.24) is 0 Å². The lowest BCUT2D eigenvalue weighted by Gasteiger charge is -2.14. The summed E-state index contributed by atoms with van der Waals surface area (Å²) < 4.78 is 5.53. The van der Waals surface area contributed by atoms with Crippen molar-refractivity contribution >= 4 is 23.1 Å². The monoisotopic (exact) mass is 296 g/mol. The summed E-state index contributed by atoms with van der Waals surface area (Å²) in [5.41, 5.74) is 0.892. The first-order chi connectivity index (χ1) is 9.56. The molecule has 110 valence electrons. The summed E-state index contributed by atoms with van der Waals surface area (Å²) in [7, 11) is 0. The highest BCUT2D eigenvalue weighted by atomic mass is 32.2. The van der Waals surface area contributed by atoms with Gasteiger partial charge in [-0.1, -0.05) is 0 Å². The van der Waals surface area contributed by atoms with Gasteiger partial charge in [0.25, 0.3) is 0 Å².